The molecular formula is C50H84O9. The number of allylic oxidation sites excluding steroid dienone is 14. The molecule has 6 unspecified atom stereocenters. The highest BCUT2D eigenvalue weighted by atomic mass is 16.7. The molecule has 59 heavy (non-hydrogen) atoms. The van der Waals surface area contributed by atoms with Gasteiger partial charge in [0.05, 0.1) is 19.8 Å². The largest absolute Gasteiger partial charge is 0.457 e. The second-order valence-electron chi connectivity index (χ2n) is 15.5. The molecule has 0 amide bonds. The van der Waals surface area contributed by atoms with Crippen molar-refractivity contribution in [2.45, 2.75) is 198 Å². The van der Waals surface area contributed by atoms with Gasteiger partial charge in [-0.25, -0.2) is 0 Å². The van der Waals surface area contributed by atoms with Crippen LogP contribution >= 0.6 is 0 Å². The fraction of sp³-hybridized carbons (Fsp3) is 0.700. The van der Waals surface area contributed by atoms with E-state index in [1.807, 2.05) is 0 Å². The van der Waals surface area contributed by atoms with Crippen LogP contribution in [0.5, 0.6) is 0 Å². The van der Waals surface area contributed by atoms with Crippen LogP contribution in [-0.2, 0) is 23.7 Å². The molecule has 1 rings (SSSR count). The highest BCUT2D eigenvalue weighted by molar-refractivity contribution is 5.69. The first-order valence-electron chi connectivity index (χ1n) is 23.2. The number of carbonyl (C=O) groups is 1. The van der Waals surface area contributed by atoms with Gasteiger partial charge in [-0.15, -0.1) is 0 Å². The highest BCUT2D eigenvalue weighted by Gasteiger charge is 2.44. The van der Waals surface area contributed by atoms with Crippen molar-refractivity contribution in [2.24, 2.45) is 0 Å². The van der Waals surface area contributed by atoms with Gasteiger partial charge in [0.15, 0.2) is 6.29 Å². The smallest absolute Gasteiger partial charge is 0.306 e. The van der Waals surface area contributed by atoms with E-state index in [0.29, 0.717) is 13.0 Å². The second kappa shape index (κ2) is 40.8. The van der Waals surface area contributed by atoms with Gasteiger partial charge in [0, 0.05) is 13.0 Å². The maximum absolute atomic E-state index is 12.8. The number of aliphatic hydroxyl groups excluding tert-OH is 4. The number of esters is 1. The van der Waals surface area contributed by atoms with E-state index in [4.69, 9.17) is 18.9 Å². The molecule has 6 atom stereocenters. The maximum Gasteiger partial charge on any atom is 0.306 e. The van der Waals surface area contributed by atoms with Gasteiger partial charge >= 0.3 is 5.97 Å². The molecule has 0 spiro atoms. The number of unbranched alkanes of at least 4 members (excludes halogenated alkanes) is 13. The minimum atomic E-state index is -1.55. The summed E-state index contributed by atoms with van der Waals surface area (Å²) in [5.41, 5.74) is 0. The Kier molecular flexibility index (Phi) is 37.6. The molecule has 9 heteroatoms. The number of hydrogen-bond donors (Lipinski definition) is 4. The predicted molar refractivity (Wildman–Crippen MR) is 242 cm³/mol. The third kappa shape index (κ3) is 31.8. The normalized spacial score (nSPS) is 20.9. The van der Waals surface area contributed by atoms with E-state index < -0.39 is 43.4 Å². The monoisotopic (exact) mass is 829 g/mol. The third-order valence-electron chi connectivity index (χ3n) is 10.0. The van der Waals surface area contributed by atoms with E-state index in [2.05, 4.69) is 98.9 Å². The van der Waals surface area contributed by atoms with E-state index >= 15 is 0 Å². The van der Waals surface area contributed by atoms with Crippen molar-refractivity contribution in [3.63, 3.8) is 0 Å². The topological polar surface area (TPSA) is 135 Å². The SMILES string of the molecule is CC/C=C\C/C=C\C/C=C\C/C=C\C/C=C\CCCCCCOCC(COC1OC(CO)C(O)C(O)C1O)OC(=O)CCCCCCC/C=C\C/C=C\CCCCCC. The first kappa shape index (κ1) is 54.4. The number of ether oxygens (including phenoxy) is 4. The molecule has 0 aromatic rings. The lowest BCUT2D eigenvalue weighted by molar-refractivity contribution is -0.305. The van der Waals surface area contributed by atoms with Crippen LogP contribution in [0, 0.1) is 0 Å². The summed E-state index contributed by atoms with van der Waals surface area (Å²) in [6.07, 6.45) is 47.5. The number of carbonyl (C=O) groups excluding carboxylic acids is 1. The Balaban J connectivity index is 2.30. The number of hydrogen-bond acceptors (Lipinski definition) is 9. The summed E-state index contributed by atoms with van der Waals surface area (Å²) in [5, 5.41) is 40.1. The van der Waals surface area contributed by atoms with Crippen molar-refractivity contribution in [1.29, 1.82) is 0 Å². The zero-order valence-corrected chi connectivity index (χ0v) is 37.0. The van der Waals surface area contributed by atoms with E-state index in [9.17, 15) is 25.2 Å². The van der Waals surface area contributed by atoms with Gasteiger partial charge in [0.2, 0.25) is 0 Å². The molecule has 0 saturated carbocycles. The van der Waals surface area contributed by atoms with Crippen LogP contribution < -0.4 is 0 Å². The Morgan fingerprint density at radius 1 is 0.559 bits per heavy atom. The lowest BCUT2D eigenvalue weighted by Gasteiger charge is -2.39. The van der Waals surface area contributed by atoms with E-state index in [1.165, 1.54) is 32.1 Å². The molecule has 1 aliphatic rings. The molecule has 1 saturated heterocycles. The lowest BCUT2D eigenvalue weighted by Crippen LogP contribution is -2.59. The molecule has 1 heterocycles. The molecule has 0 radical (unpaired) electrons. The molecule has 9 nitrogen and oxygen atoms in total. The fourth-order valence-electron chi connectivity index (χ4n) is 6.43. The molecule has 338 valence electrons. The third-order valence-corrected chi connectivity index (χ3v) is 10.0. The first-order valence-corrected chi connectivity index (χ1v) is 23.2. The van der Waals surface area contributed by atoms with Gasteiger partial charge in [-0.3, -0.25) is 4.79 Å². The van der Waals surface area contributed by atoms with Crippen LogP contribution in [0.3, 0.4) is 0 Å². The average Bonchev–Trinajstić information content (AvgIpc) is 3.24. The van der Waals surface area contributed by atoms with Crippen LogP contribution in [0.2, 0.25) is 0 Å². The molecule has 1 aliphatic heterocycles. The molecule has 4 N–H and O–H groups in total. The molecule has 1 fully saturated rings. The average molecular weight is 829 g/mol. The van der Waals surface area contributed by atoms with E-state index in [1.54, 1.807) is 0 Å². The summed E-state index contributed by atoms with van der Waals surface area (Å²) >= 11 is 0. The van der Waals surface area contributed by atoms with Gasteiger partial charge in [0.25, 0.3) is 0 Å². The quantitative estimate of drug-likeness (QED) is 0.0272. The van der Waals surface area contributed by atoms with Gasteiger partial charge < -0.3 is 39.4 Å². The minimum Gasteiger partial charge on any atom is -0.457 e. The van der Waals surface area contributed by atoms with Crippen molar-refractivity contribution >= 4 is 5.97 Å². The Morgan fingerprint density at radius 2 is 1.03 bits per heavy atom. The summed E-state index contributed by atoms with van der Waals surface area (Å²) in [6.45, 7) is 4.33. The predicted octanol–water partition coefficient (Wildman–Crippen LogP) is 10.6. The van der Waals surface area contributed by atoms with Crippen molar-refractivity contribution < 1.29 is 44.2 Å². The molecule has 0 bridgehead atoms. The molecular weight excluding hydrogens is 745 g/mol. The Morgan fingerprint density at radius 3 is 1.56 bits per heavy atom. The number of rotatable bonds is 38. The zero-order valence-electron chi connectivity index (χ0n) is 37.0. The van der Waals surface area contributed by atoms with Crippen LogP contribution in [-0.4, -0.2) is 89.6 Å². The van der Waals surface area contributed by atoms with Gasteiger partial charge in [-0.05, 0) is 89.9 Å². The highest BCUT2D eigenvalue weighted by Crippen LogP contribution is 2.22. The summed E-state index contributed by atoms with van der Waals surface area (Å²) in [4.78, 5) is 12.8. The summed E-state index contributed by atoms with van der Waals surface area (Å²) < 4.78 is 22.8. The number of aliphatic hydroxyl groups is 4. The Bertz CT molecular complexity index is 1170. The van der Waals surface area contributed by atoms with Crippen molar-refractivity contribution in [3.8, 4) is 0 Å². The van der Waals surface area contributed by atoms with Gasteiger partial charge in [0.1, 0.15) is 30.5 Å². The first-order chi connectivity index (χ1) is 28.9. The summed E-state index contributed by atoms with van der Waals surface area (Å²) in [5.74, 6) is -0.340. The van der Waals surface area contributed by atoms with E-state index in [-0.39, 0.29) is 19.2 Å². The summed E-state index contributed by atoms with van der Waals surface area (Å²) in [7, 11) is 0. The Hall–Kier alpha value is -2.63. The summed E-state index contributed by atoms with van der Waals surface area (Å²) in [6, 6.07) is 0. The van der Waals surface area contributed by atoms with Crippen molar-refractivity contribution in [2.75, 3.05) is 26.4 Å². The van der Waals surface area contributed by atoms with Crippen LogP contribution in [0.15, 0.2) is 85.1 Å². The minimum absolute atomic E-state index is 0.117. The molecule has 0 aromatic carbocycles. The Labute approximate surface area is 359 Å². The van der Waals surface area contributed by atoms with Crippen LogP contribution in [0.4, 0.5) is 0 Å². The maximum atomic E-state index is 12.8. The molecule has 0 aromatic heterocycles. The van der Waals surface area contributed by atoms with Crippen molar-refractivity contribution in [1.82, 2.24) is 0 Å². The van der Waals surface area contributed by atoms with Crippen LogP contribution in [0.25, 0.3) is 0 Å². The standard InChI is InChI=1S/C50H84O9/c1-3-5-7-9-11-13-15-17-19-21-22-23-24-26-28-30-32-34-36-38-40-56-42-44(43-57-50-49(55)48(54)47(53)45(41-51)59-50)58-46(52)39-37-35-33-31-29-27-25-20-18-16-14-12-10-8-6-4-2/h5,7,11,13-14,16-17,19-20,22-23,25-26,28,44-45,47-51,53-55H,3-4,6,8-10,12,15,18,21,24,27,29-43H2,1-2H3/b7-5-,13-11-,16-14-,19-17-,23-22-,25-20-,28-26-. The zero-order chi connectivity index (χ0) is 42.9. The lowest BCUT2D eigenvalue weighted by atomic mass is 9.99. The van der Waals surface area contributed by atoms with Gasteiger partial charge in [-0.1, -0.05) is 150 Å². The molecule has 0 aliphatic carbocycles. The van der Waals surface area contributed by atoms with Crippen LogP contribution in [0.1, 0.15) is 162 Å². The fourth-order valence-corrected chi connectivity index (χ4v) is 6.43. The van der Waals surface area contributed by atoms with Crippen molar-refractivity contribution in [3.05, 3.63) is 85.1 Å². The second-order valence-corrected chi connectivity index (χ2v) is 15.5. The van der Waals surface area contributed by atoms with Gasteiger partial charge in [-0.2, -0.15) is 0 Å². The van der Waals surface area contributed by atoms with E-state index in [0.717, 1.165) is 109 Å².